The van der Waals surface area contributed by atoms with Gasteiger partial charge in [0.1, 0.15) is 6.54 Å². The molecule has 1 saturated heterocycles. The molecule has 1 aliphatic rings. The van der Waals surface area contributed by atoms with Crippen molar-refractivity contribution in [3.63, 3.8) is 0 Å². The molecule has 6 heteroatoms. The first-order valence-electron chi connectivity index (χ1n) is 5.10. The van der Waals surface area contributed by atoms with Crippen molar-refractivity contribution in [2.75, 3.05) is 26.7 Å². The van der Waals surface area contributed by atoms with Crippen LogP contribution < -0.4 is 0 Å². The summed E-state index contributed by atoms with van der Waals surface area (Å²) in [7, 11) is 3.50. The number of aromatic nitrogens is 2. The quantitative estimate of drug-likeness (QED) is 0.633. The summed E-state index contributed by atoms with van der Waals surface area (Å²) in [4.78, 5) is 26.6. The molecule has 6 nitrogen and oxygen atoms in total. The van der Waals surface area contributed by atoms with Crippen LogP contribution >= 0.6 is 0 Å². The molecule has 1 aromatic rings. The van der Waals surface area contributed by atoms with Crippen molar-refractivity contribution in [1.82, 2.24) is 19.6 Å². The zero-order valence-corrected chi connectivity index (χ0v) is 9.38. The van der Waals surface area contributed by atoms with E-state index < -0.39 is 0 Å². The third-order valence-electron chi connectivity index (χ3n) is 2.70. The van der Waals surface area contributed by atoms with Crippen LogP contribution in [0.3, 0.4) is 0 Å². The Balaban J connectivity index is 2.09. The molecule has 0 atom stereocenters. The van der Waals surface area contributed by atoms with Gasteiger partial charge in [0.25, 0.3) is 5.91 Å². The van der Waals surface area contributed by atoms with Crippen molar-refractivity contribution in [3.8, 4) is 0 Å². The Hall–Kier alpha value is -1.85. The van der Waals surface area contributed by atoms with E-state index in [1.54, 1.807) is 34.8 Å². The van der Waals surface area contributed by atoms with E-state index in [1.165, 1.54) is 6.20 Å². The maximum absolute atomic E-state index is 12.0. The number of carbonyl (C=O) groups is 2. The van der Waals surface area contributed by atoms with Crippen LogP contribution in [0.25, 0.3) is 0 Å². The minimum Gasteiger partial charge on any atom is -0.342 e. The fourth-order valence-electron chi connectivity index (χ4n) is 1.65. The van der Waals surface area contributed by atoms with E-state index in [9.17, 15) is 9.59 Å². The topological polar surface area (TPSA) is 58.4 Å². The standard InChI is InChI=1S/C10H14N4O2/c1-12-3-4-14(7-9(12)15)10(16)8-5-11-13(2)6-8/h5-6H,3-4,7H2,1-2H3. The molecule has 0 saturated carbocycles. The average Bonchev–Trinajstić information content (AvgIpc) is 2.68. The second-order valence-electron chi connectivity index (χ2n) is 3.94. The Morgan fingerprint density at radius 2 is 2.12 bits per heavy atom. The number of piperazine rings is 1. The molecule has 1 fully saturated rings. The maximum atomic E-state index is 12.0. The molecule has 0 bridgehead atoms. The summed E-state index contributed by atoms with van der Waals surface area (Å²) < 4.78 is 1.57. The first kappa shape index (κ1) is 10.7. The summed E-state index contributed by atoms with van der Waals surface area (Å²) in [6.45, 7) is 1.32. The minimum absolute atomic E-state index is 0.0245. The van der Waals surface area contributed by atoms with Crippen molar-refractivity contribution in [3.05, 3.63) is 18.0 Å². The van der Waals surface area contributed by atoms with Crippen molar-refractivity contribution in [1.29, 1.82) is 0 Å². The number of nitrogens with zero attached hydrogens (tertiary/aromatic N) is 4. The van der Waals surface area contributed by atoms with E-state index in [-0.39, 0.29) is 18.4 Å². The highest BCUT2D eigenvalue weighted by Crippen LogP contribution is 2.07. The molecular formula is C10H14N4O2. The third kappa shape index (κ3) is 1.91. The van der Waals surface area contributed by atoms with E-state index in [4.69, 9.17) is 0 Å². The smallest absolute Gasteiger partial charge is 0.257 e. The number of aryl methyl sites for hydroxylation is 1. The van der Waals surface area contributed by atoms with Crippen LogP contribution in [0.2, 0.25) is 0 Å². The lowest BCUT2D eigenvalue weighted by atomic mass is 10.2. The second kappa shape index (κ2) is 3.96. The number of likely N-dealkylation sites (N-methyl/N-ethyl adjacent to an activating group) is 1. The predicted molar refractivity (Wildman–Crippen MR) is 56.7 cm³/mol. The van der Waals surface area contributed by atoms with Crippen molar-refractivity contribution >= 4 is 11.8 Å². The first-order chi connectivity index (χ1) is 7.58. The lowest BCUT2D eigenvalue weighted by Gasteiger charge is -2.31. The lowest BCUT2D eigenvalue weighted by Crippen LogP contribution is -2.50. The molecule has 0 unspecified atom stereocenters. The summed E-state index contributed by atoms with van der Waals surface area (Å²) in [6.07, 6.45) is 3.18. The van der Waals surface area contributed by atoms with Gasteiger partial charge in [0.05, 0.1) is 11.8 Å². The largest absolute Gasteiger partial charge is 0.342 e. The number of hydrogen-bond donors (Lipinski definition) is 0. The first-order valence-corrected chi connectivity index (χ1v) is 5.10. The van der Waals surface area contributed by atoms with E-state index in [2.05, 4.69) is 5.10 Å². The molecule has 0 aromatic carbocycles. The molecule has 0 spiro atoms. The van der Waals surface area contributed by atoms with Crippen molar-refractivity contribution < 1.29 is 9.59 Å². The summed E-state index contributed by atoms with van der Waals surface area (Å²) in [5.74, 6) is -0.155. The highest BCUT2D eigenvalue weighted by atomic mass is 16.2. The van der Waals surface area contributed by atoms with Crippen molar-refractivity contribution in [2.45, 2.75) is 0 Å². The van der Waals surface area contributed by atoms with Crippen LogP contribution in [0.1, 0.15) is 10.4 Å². The Morgan fingerprint density at radius 1 is 1.38 bits per heavy atom. The van der Waals surface area contributed by atoms with Crippen LogP contribution in [0.5, 0.6) is 0 Å². The maximum Gasteiger partial charge on any atom is 0.257 e. The SMILES string of the molecule is CN1CCN(C(=O)c2cnn(C)c2)CC1=O. The third-order valence-corrected chi connectivity index (χ3v) is 2.70. The molecular weight excluding hydrogens is 208 g/mol. The van der Waals surface area contributed by atoms with E-state index in [0.29, 0.717) is 18.7 Å². The van der Waals surface area contributed by atoms with Crippen LogP contribution in [0.15, 0.2) is 12.4 Å². The monoisotopic (exact) mass is 222 g/mol. The second-order valence-corrected chi connectivity index (χ2v) is 3.94. The highest BCUT2D eigenvalue weighted by molar-refractivity contribution is 5.96. The van der Waals surface area contributed by atoms with Gasteiger partial charge in [-0.15, -0.1) is 0 Å². The van der Waals surface area contributed by atoms with Crippen LogP contribution in [-0.2, 0) is 11.8 Å². The van der Waals surface area contributed by atoms with E-state index in [1.807, 2.05) is 0 Å². The summed E-state index contributed by atoms with van der Waals surface area (Å²) >= 11 is 0. The van der Waals surface area contributed by atoms with Gasteiger partial charge in [-0.3, -0.25) is 14.3 Å². The summed E-state index contributed by atoms with van der Waals surface area (Å²) in [5.41, 5.74) is 0.528. The predicted octanol–water partition coefficient (Wildman–Crippen LogP) is -0.666. The molecule has 1 aromatic heterocycles. The van der Waals surface area contributed by atoms with Gasteiger partial charge in [-0.2, -0.15) is 5.10 Å². The molecule has 86 valence electrons. The Labute approximate surface area is 93.4 Å². The molecule has 0 radical (unpaired) electrons. The molecule has 16 heavy (non-hydrogen) atoms. The summed E-state index contributed by atoms with van der Waals surface area (Å²) in [6, 6.07) is 0. The molecule has 2 rings (SSSR count). The number of amides is 2. The van der Waals surface area contributed by atoms with Gasteiger partial charge in [0, 0.05) is 33.4 Å². The van der Waals surface area contributed by atoms with Gasteiger partial charge in [0.2, 0.25) is 5.91 Å². The zero-order chi connectivity index (χ0) is 11.7. The normalized spacial score (nSPS) is 16.8. The van der Waals surface area contributed by atoms with Gasteiger partial charge >= 0.3 is 0 Å². The average molecular weight is 222 g/mol. The highest BCUT2D eigenvalue weighted by Gasteiger charge is 2.25. The van der Waals surface area contributed by atoms with E-state index in [0.717, 1.165) is 0 Å². The Morgan fingerprint density at radius 3 is 2.69 bits per heavy atom. The number of rotatable bonds is 1. The van der Waals surface area contributed by atoms with Crippen molar-refractivity contribution in [2.24, 2.45) is 7.05 Å². The molecule has 1 aliphatic heterocycles. The van der Waals surface area contributed by atoms with Crippen LogP contribution in [-0.4, -0.2) is 58.1 Å². The van der Waals surface area contributed by atoms with Gasteiger partial charge in [-0.1, -0.05) is 0 Å². The Bertz CT molecular complexity index is 426. The molecule has 2 heterocycles. The number of hydrogen-bond acceptors (Lipinski definition) is 3. The van der Waals surface area contributed by atoms with Gasteiger partial charge in [-0.25, -0.2) is 0 Å². The van der Waals surface area contributed by atoms with Gasteiger partial charge < -0.3 is 9.80 Å². The fraction of sp³-hybridized carbons (Fsp3) is 0.500. The van der Waals surface area contributed by atoms with Crippen LogP contribution in [0.4, 0.5) is 0 Å². The minimum atomic E-state index is -0.130. The van der Waals surface area contributed by atoms with E-state index >= 15 is 0 Å². The zero-order valence-electron chi connectivity index (χ0n) is 9.38. The fourth-order valence-corrected chi connectivity index (χ4v) is 1.65. The lowest BCUT2D eigenvalue weighted by molar-refractivity contribution is -0.133. The molecule has 0 aliphatic carbocycles. The van der Waals surface area contributed by atoms with Gasteiger partial charge in [-0.05, 0) is 0 Å². The van der Waals surface area contributed by atoms with Crippen LogP contribution in [0, 0.1) is 0 Å². The number of carbonyl (C=O) groups excluding carboxylic acids is 2. The molecule has 0 N–H and O–H groups in total. The Kier molecular flexibility index (Phi) is 2.64. The van der Waals surface area contributed by atoms with Gasteiger partial charge in [0.15, 0.2) is 0 Å². The molecule has 2 amide bonds. The summed E-state index contributed by atoms with van der Waals surface area (Å²) in [5, 5.41) is 3.94.